The van der Waals surface area contributed by atoms with Gasteiger partial charge in [-0.3, -0.25) is 14.3 Å². The maximum absolute atomic E-state index is 12.2. The highest BCUT2D eigenvalue weighted by molar-refractivity contribution is 5.83. The van der Waals surface area contributed by atoms with Gasteiger partial charge in [-0.2, -0.15) is 0 Å². The number of nitrogen functional groups attached to an aromatic ring is 1. The lowest BCUT2D eigenvalue weighted by Gasteiger charge is -2.33. The average Bonchev–Trinajstić information content (AvgIpc) is 3.44. The SMILES string of the molecule is CCNC(=O)[C@H]1O[C@@H](n2cnc3c(N)nc(C#CCN4CCN(C(=O)OCC(C)C)CC4)nc32)C(O)C1O. The number of carbonyl (C=O) groups excluding carboxylic acids is 2. The summed E-state index contributed by atoms with van der Waals surface area (Å²) in [5, 5.41) is 23.5. The molecular formula is C24H34N8O6. The Bertz CT molecular complexity index is 1220. The van der Waals surface area contributed by atoms with Gasteiger partial charge in [0, 0.05) is 32.7 Å². The number of hydrogen-bond acceptors (Lipinski definition) is 11. The smallest absolute Gasteiger partial charge is 0.409 e. The molecule has 2 aromatic heterocycles. The number of nitrogens with two attached hydrogens (primary N) is 1. The molecule has 38 heavy (non-hydrogen) atoms. The van der Waals surface area contributed by atoms with Crippen molar-refractivity contribution in [1.29, 1.82) is 0 Å². The van der Waals surface area contributed by atoms with Crippen LogP contribution in [0.3, 0.4) is 0 Å². The molecular weight excluding hydrogens is 496 g/mol. The molecule has 2 aliphatic rings. The highest BCUT2D eigenvalue weighted by Gasteiger charge is 2.47. The predicted molar refractivity (Wildman–Crippen MR) is 135 cm³/mol. The molecule has 2 aromatic rings. The van der Waals surface area contributed by atoms with Gasteiger partial charge >= 0.3 is 6.09 Å². The van der Waals surface area contributed by atoms with E-state index in [4.69, 9.17) is 15.2 Å². The van der Waals surface area contributed by atoms with Gasteiger partial charge in [-0.15, -0.1) is 0 Å². The number of aliphatic hydroxyl groups is 2. The second-order valence-corrected chi connectivity index (χ2v) is 9.62. The van der Waals surface area contributed by atoms with E-state index in [0.29, 0.717) is 45.9 Å². The molecule has 5 N–H and O–H groups in total. The van der Waals surface area contributed by atoms with Crippen LogP contribution in [-0.2, 0) is 14.3 Å². The number of aromatic nitrogens is 4. The van der Waals surface area contributed by atoms with Gasteiger partial charge in [-0.25, -0.2) is 19.7 Å². The Kier molecular flexibility index (Phi) is 8.62. The van der Waals surface area contributed by atoms with Gasteiger partial charge in [-0.05, 0) is 18.8 Å². The Hall–Kier alpha value is -3.51. The average molecular weight is 531 g/mol. The first-order chi connectivity index (χ1) is 18.2. The zero-order valence-corrected chi connectivity index (χ0v) is 21.7. The third-order valence-electron chi connectivity index (χ3n) is 6.24. The molecule has 14 heteroatoms. The van der Waals surface area contributed by atoms with Gasteiger partial charge in [-0.1, -0.05) is 19.8 Å². The predicted octanol–water partition coefficient (Wildman–Crippen LogP) is -1.07. The highest BCUT2D eigenvalue weighted by atomic mass is 16.6. The summed E-state index contributed by atoms with van der Waals surface area (Å²) < 4.78 is 12.4. The van der Waals surface area contributed by atoms with Crippen molar-refractivity contribution < 1.29 is 29.3 Å². The van der Waals surface area contributed by atoms with Crippen LogP contribution in [0.2, 0.25) is 0 Å². The van der Waals surface area contributed by atoms with Crippen LogP contribution in [-0.4, -0.2) is 116 Å². The van der Waals surface area contributed by atoms with E-state index in [-0.39, 0.29) is 34.8 Å². The van der Waals surface area contributed by atoms with E-state index in [2.05, 4.69) is 37.0 Å². The molecule has 0 radical (unpaired) electrons. The minimum absolute atomic E-state index is 0.0971. The molecule has 4 heterocycles. The van der Waals surface area contributed by atoms with E-state index >= 15 is 0 Å². The Labute approximate surface area is 220 Å². The molecule has 2 amide bonds. The molecule has 0 bridgehead atoms. The van der Waals surface area contributed by atoms with Crippen LogP contribution in [0.15, 0.2) is 6.33 Å². The summed E-state index contributed by atoms with van der Waals surface area (Å²) >= 11 is 0. The molecule has 4 atom stereocenters. The summed E-state index contributed by atoms with van der Waals surface area (Å²) in [6, 6.07) is 0. The summed E-state index contributed by atoms with van der Waals surface area (Å²) in [5.41, 5.74) is 6.61. The molecule has 0 aliphatic carbocycles. The quantitative estimate of drug-likeness (QED) is 0.334. The number of ether oxygens (including phenoxy) is 2. The fourth-order valence-electron chi connectivity index (χ4n) is 4.21. The van der Waals surface area contributed by atoms with E-state index in [1.54, 1.807) is 11.8 Å². The Morgan fingerprint density at radius 3 is 2.66 bits per heavy atom. The number of fused-ring (bicyclic) bond motifs is 1. The Morgan fingerprint density at radius 1 is 1.24 bits per heavy atom. The maximum atomic E-state index is 12.2. The van der Waals surface area contributed by atoms with Gasteiger partial charge in [0.2, 0.25) is 5.82 Å². The summed E-state index contributed by atoms with van der Waals surface area (Å²) in [6.45, 7) is 9.35. The van der Waals surface area contributed by atoms with Crippen LogP contribution in [0.1, 0.15) is 32.8 Å². The number of imidazole rings is 1. The first kappa shape index (κ1) is 27.5. The van der Waals surface area contributed by atoms with Gasteiger partial charge in [0.1, 0.15) is 17.7 Å². The highest BCUT2D eigenvalue weighted by Crippen LogP contribution is 2.32. The molecule has 2 unspecified atom stereocenters. The molecule has 0 saturated carbocycles. The number of nitrogens with zero attached hydrogens (tertiary/aromatic N) is 6. The van der Waals surface area contributed by atoms with E-state index in [0.717, 1.165) is 0 Å². The van der Waals surface area contributed by atoms with Crippen LogP contribution in [0.4, 0.5) is 10.6 Å². The lowest BCUT2D eigenvalue weighted by molar-refractivity contribution is -0.137. The number of aliphatic hydroxyl groups excluding tert-OH is 2. The first-order valence-electron chi connectivity index (χ1n) is 12.6. The van der Waals surface area contributed by atoms with Crippen molar-refractivity contribution in [2.24, 2.45) is 5.92 Å². The van der Waals surface area contributed by atoms with Crippen molar-refractivity contribution in [2.75, 3.05) is 51.6 Å². The van der Waals surface area contributed by atoms with Gasteiger partial charge in [0.15, 0.2) is 23.8 Å². The van der Waals surface area contributed by atoms with Crippen molar-refractivity contribution in [3.8, 4) is 11.8 Å². The number of hydrogen-bond donors (Lipinski definition) is 4. The van der Waals surface area contributed by atoms with Crippen molar-refractivity contribution in [3.05, 3.63) is 12.2 Å². The van der Waals surface area contributed by atoms with Crippen molar-refractivity contribution in [2.45, 2.75) is 45.3 Å². The summed E-state index contributed by atoms with van der Waals surface area (Å²) in [6.07, 6.45) is -4.12. The second-order valence-electron chi connectivity index (χ2n) is 9.62. The molecule has 14 nitrogen and oxygen atoms in total. The number of anilines is 1. The lowest BCUT2D eigenvalue weighted by Crippen LogP contribution is -2.49. The van der Waals surface area contributed by atoms with Crippen LogP contribution in [0.25, 0.3) is 11.2 Å². The normalized spacial score (nSPS) is 23.9. The molecule has 2 saturated heterocycles. The molecule has 0 spiro atoms. The number of carbonyl (C=O) groups is 2. The van der Waals surface area contributed by atoms with Crippen LogP contribution in [0, 0.1) is 17.8 Å². The number of amides is 2. The summed E-state index contributed by atoms with van der Waals surface area (Å²) in [5.74, 6) is 5.96. The fraction of sp³-hybridized carbons (Fsp3) is 0.625. The van der Waals surface area contributed by atoms with Gasteiger partial charge in [0.05, 0.1) is 19.5 Å². The molecule has 206 valence electrons. The molecule has 4 rings (SSSR count). The lowest BCUT2D eigenvalue weighted by atomic mass is 10.1. The first-order valence-corrected chi connectivity index (χ1v) is 12.6. The maximum Gasteiger partial charge on any atom is 0.409 e. The molecule has 2 fully saturated rings. The fourth-order valence-corrected chi connectivity index (χ4v) is 4.21. The van der Waals surface area contributed by atoms with Crippen molar-refractivity contribution >= 4 is 29.0 Å². The monoisotopic (exact) mass is 530 g/mol. The third kappa shape index (κ3) is 5.97. The van der Waals surface area contributed by atoms with E-state index in [1.165, 1.54) is 10.9 Å². The Morgan fingerprint density at radius 2 is 1.97 bits per heavy atom. The zero-order valence-electron chi connectivity index (χ0n) is 21.7. The zero-order chi connectivity index (χ0) is 27.4. The number of nitrogens with one attached hydrogen (secondary N) is 1. The van der Waals surface area contributed by atoms with Gasteiger partial charge < -0.3 is 35.6 Å². The number of rotatable bonds is 6. The number of piperazine rings is 1. The summed E-state index contributed by atoms with van der Waals surface area (Å²) in [7, 11) is 0. The topological polar surface area (TPSA) is 181 Å². The second kappa shape index (κ2) is 11.9. The molecule has 0 aromatic carbocycles. The van der Waals surface area contributed by atoms with Gasteiger partial charge in [0.25, 0.3) is 5.91 Å². The standard InChI is InChI=1S/C24H34N8O6/c1-4-26-22(35)19-17(33)18(34)23(38-19)32-13-27-16-20(25)28-15(29-21(16)32)6-5-7-30-8-10-31(11-9-30)24(36)37-12-14(2)3/h13-14,17-19,23,33-34H,4,7-12H2,1-3H3,(H,26,35)(H2,25,28,29)/t17?,18?,19-,23+/m0/s1. The van der Waals surface area contributed by atoms with Crippen LogP contribution < -0.4 is 11.1 Å². The van der Waals surface area contributed by atoms with Crippen molar-refractivity contribution in [1.82, 2.24) is 34.6 Å². The van der Waals surface area contributed by atoms with E-state index in [1.807, 2.05) is 13.8 Å². The Balaban J connectivity index is 1.42. The third-order valence-corrected chi connectivity index (χ3v) is 6.24. The van der Waals surface area contributed by atoms with Crippen molar-refractivity contribution in [3.63, 3.8) is 0 Å². The molecule has 2 aliphatic heterocycles. The number of likely N-dealkylation sites (N-methyl/N-ethyl adjacent to an activating group) is 1. The van der Waals surface area contributed by atoms with E-state index < -0.39 is 30.4 Å². The largest absolute Gasteiger partial charge is 0.449 e. The van der Waals surface area contributed by atoms with Crippen LogP contribution >= 0.6 is 0 Å². The minimum atomic E-state index is -1.43. The minimum Gasteiger partial charge on any atom is -0.449 e. The summed E-state index contributed by atoms with van der Waals surface area (Å²) in [4.78, 5) is 41.0. The van der Waals surface area contributed by atoms with Crippen LogP contribution in [0.5, 0.6) is 0 Å². The van der Waals surface area contributed by atoms with E-state index in [9.17, 15) is 19.8 Å².